The SMILES string of the molecule is C=C1OC(=O)N(C(=O)OC(C)(C)C)C2=NCCC=C12. The van der Waals surface area contributed by atoms with Crippen LogP contribution in [0.25, 0.3) is 0 Å². The van der Waals surface area contributed by atoms with Crippen LogP contribution in [0.5, 0.6) is 0 Å². The van der Waals surface area contributed by atoms with Gasteiger partial charge in [0.15, 0.2) is 5.84 Å². The van der Waals surface area contributed by atoms with Crippen molar-refractivity contribution >= 4 is 18.0 Å². The van der Waals surface area contributed by atoms with Gasteiger partial charge in [-0.3, -0.25) is 4.99 Å². The van der Waals surface area contributed by atoms with E-state index in [-0.39, 0.29) is 11.6 Å². The van der Waals surface area contributed by atoms with E-state index in [1.165, 1.54) is 0 Å². The number of fused-ring (bicyclic) bond motifs is 1. The van der Waals surface area contributed by atoms with Crippen LogP contribution in [0.15, 0.2) is 29.0 Å². The zero-order chi connectivity index (χ0) is 14.2. The van der Waals surface area contributed by atoms with Crippen LogP contribution in [-0.4, -0.2) is 35.1 Å². The lowest BCUT2D eigenvalue weighted by molar-refractivity contribution is 0.0356. The zero-order valence-corrected chi connectivity index (χ0v) is 11.2. The number of rotatable bonds is 0. The second-order valence-corrected chi connectivity index (χ2v) is 5.22. The van der Waals surface area contributed by atoms with Gasteiger partial charge in [0, 0.05) is 6.54 Å². The van der Waals surface area contributed by atoms with Crippen molar-refractivity contribution in [1.82, 2.24) is 4.90 Å². The summed E-state index contributed by atoms with van der Waals surface area (Å²) in [5.74, 6) is 0.463. The molecule has 0 aromatic rings. The highest BCUT2D eigenvalue weighted by atomic mass is 16.6. The number of amidine groups is 1. The van der Waals surface area contributed by atoms with Gasteiger partial charge in [0.25, 0.3) is 0 Å². The first kappa shape index (κ1) is 13.3. The molecule has 0 radical (unpaired) electrons. The minimum absolute atomic E-state index is 0.211. The lowest BCUT2D eigenvalue weighted by Gasteiger charge is -2.32. The summed E-state index contributed by atoms with van der Waals surface area (Å²) in [7, 11) is 0. The molecular weight excluding hydrogens is 248 g/mol. The number of ether oxygens (including phenoxy) is 2. The number of nitrogens with zero attached hydrogens (tertiary/aromatic N) is 2. The quantitative estimate of drug-likeness (QED) is 0.674. The van der Waals surface area contributed by atoms with E-state index >= 15 is 0 Å². The summed E-state index contributed by atoms with van der Waals surface area (Å²) < 4.78 is 10.1. The molecule has 0 saturated carbocycles. The number of cyclic esters (lactones) is 1. The maximum Gasteiger partial charge on any atom is 0.430 e. The maximum absolute atomic E-state index is 12.1. The van der Waals surface area contributed by atoms with Crippen molar-refractivity contribution in [3.63, 3.8) is 0 Å². The van der Waals surface area contributed by atoms with Gasteiger partial charge in [0.2, 0.25) is 0 Å². The summed E-state index contributed by atoms with van der Waals surface area (Å²) in [6, 6.07) is 0. The van der Waals surface area contributed by atoms with Crippen LogP contribution < -0.4 is 0 Å². The Morgan fingerprint density at radius 2 is 2.21 bits per heavy atom. The van der Waals surface area contributed by atoms with Gasteiger partial charge in [0.05, 0.1) is 5.57 Å². The second kappa shape index (κ2) is 4.53. The van der Waals surface area contributed by atoms with Crippen molar-refractivity contribution in [1.29, 1.82) is 0 Å². The number of imide groups is 1. The number of hydrogen-bond donors (Lipinski definition) is 0. The summed E-state index contributed by atoms with van der Waals surface area (Å²) in [6.07, 6.45) is 0.931. The number of dihydropyridines is 1. The fourth-order valence-electron chi connectivity index (χ4n) is 1.75. The third-order valence-corrected chi connectivity index (χ3v) is 2.46. The topological polar surface area (TPSA) is 68.2 Å². The molecule has 0 N–H and O–H groups in total. The van der Waals surface area contributed by atoms with Crippen LogP contribution in [-0.2, 0) is 9.47 Å². The molecule has 2 aliphatic rings. The molecule has 0 aromatic heterocycles. The van der Waals surface area contributed by atoms with Gasteiger partial charge in [-0.15, -0.1) is 0 Å². The molecule has 0 spiro atoms. The highest BCUT2D eigenvalue weighted by molar-refractivity contribution is 6.19. The fourth-order valence-corrected chi connectivity index (χ4v) is 1.75. The van der Waals surface area contributed by atoms with Crippen molar-refractivity contribution in [2.75, 3.05) is 6.54 Å². The van der Waals surface area contributed by atoms with Gasteiger partial charge in [-0.1, -0.05) is 12.7 Å². The summed E-state index contributed by atoms with van der Waals surface area (Å²) in [4.78, 5) is 28.9. The third kappa shape index (κ3) is 2.67. The number of amides is 2. The standard InChI is InChI=1S/C13H16N2O4/c1-8-9-6-5-7-14-10(9)15(11(16)18-8)12(17)19-13(2,3)4/h6H,1,5,7H2,2-4H3. The number of carbonyl (C=O) groups is 2. The monoisotopic (exact) mass is 264 g/mol. The first-order chi connectivity index (χ1) is 8.79. The number of hydrogen-bond acceptors (Lipinski definition) is 5. The average Bonchev–Trinajstić information content (AvgIpc) is 2.26. The maximum atomic E-state index is 12.1. The first-order valence-corrected chi connectivity index (χ1v) is 5.99. The normalized spacial score (nSPS) is 19.2. The molecule has 6 nitrogen and oxygen atoms in total. The highest BCUT2D eigenvalue weighted by Gasteiger charge is 2.40. The molecule has 1 saturated heterocycles. The smallest absolute Gasteiger partial charge is 0.430 e. The molecule has 102 valence electrons. The Morgan fingerprint density at radius 3 is 2.84 bits per heavy atom. The molecule has 2 heterocycles. The van der Waals surface area contributed by atoms with Gasteiger partial charge in [-0.2, -0.15) is 4.90 Å². The average molecular weight is 264 g/mol. The first-order valence-electron chi connectivity index (χ1n) is 5.99. The van der Waals surface area contributed by atoms with Crippen LogP contribution in [0.4, 0.5) is 9.59 Å². The Kier molecular flexibility index (Phi) is 3.18. The number of aliphatic imine (C=N–C) groups is 1. The Balaban J connectivity index is 2.31. The molecular formula is C13H16N2O4. The molecule has 2 aliphatic heterocycles. The van der Waals surface area contributed by atoms with Crippen molar-refractivity contribution in [3.05, 3.63) is 24.0 Å². The lowest BCUT2D eigenvalue weighted by Crippen LogP contribution is -2.49. The van der Waals surface area contributed by atoms with Crippen LogP contribution in [0.2, 0.25) is 0 Å². The van der Waals surface area contributed by atoms with E-state index in [2.05, 4.69) is 11.6 Å². The summed E-state index contributed by atoms with van der Waals surface area (Å²) in [5.41, 5.74) is -0.137. The van der Waals surface area contributed by atoms with Gasteiger partial charge in [-0.05, 0) is 27.2 Å². The van der Waals surface area contributed by atoms with Gasteiger partial charge >= 0.3 is 12.2 Å². The molecule has 1 fully saturated rings. The van der Waals surface area contributed by atoms with Gasteiger partial charge in [0.1, 0.15) is 11.4 Å². The Morgan fingerprint density at radius 1 is 1.53 bits per heavy atom. The minimum atomic E-state index is -0.836. The van der Waals surface area contributed by atoms with Crippen LogP contribution in [0.1, 0.15) is 27.2 Å². The van der Waals surface area contributed by atoms with E-state index in [0.29, 0.717) is 12.1 Å². The molecule has 0 aromatic carbocycles. The summed E-state index contributed by atoms with van der Waals surface area (Å²) >= 11 is 0. The van der Waals surface area contributed by atoms with E-state index in [4.69, 9.17) is 9.47 Å². The highest BCUT2D eigenvalue weighted by Crippen LogP contribution is 2.26. The van der Waals surface area contributed by atoms with E-state index in [9.17, 15) is 9.59 Å². The molecule has 2 rings (SSSR count). The predicted octanol–water partition coefficient (Wildman–Crippen LogP) is 2.62. The predicted molar refractivity (Wildman–Crippen MR) is 68.7 cm³/mol. The molecule has 2 amide bonds. The summed E-state index contributed by atoms with van der Waals surface area (Å²) in [5, 5.41) is 0. The Hall–Kier alpha value is -2.11. The minimum Gasteiger partial charge on any atom is -0.443 e. The molecule has 0 bridgehead atoms. The van der Waals surface area contributed by atoms with E-state index < -0.39 is 17.8 Å². The van der Waals surface area contributed by atoms with Crippen molar-refractivity contribution in [3.8, 4) is 0 Å². The molecule has 0 atom stereocenters. The zero-order valence-electron chi connectivity index (χ0n) is 11.2. The van der Waals surface area contributed by atoms with E-state index in [1.54, 1.807) is 20.8 Å². The second-order valence-electron chi connectivity index (χ2n) is 5.22. The lowest BCUT2D eigenvalue weighted by atomic mass is 10.1. The Bertz CT molecular complexity index is 511. The molecule has 19 heavy (non-hydrogen) atoms. The van der Waals surface area contributed by atoms with Crippen molar-refractivity contribution in [2.24, 2.45) is 4.99 Å². The van der Waals surface area contributed by atoms with Crippen molar-refractivity contribution < 1.29 is 19.1 Å². The number of carbonyl (C=O) groups excluding carboxylic acids is 2. The summed E-state index contributed by atoms with van der Waals surface area (Å²) in [6.45, 7) is 9.32. The van der Waals surface area contributed by atoms with Crippen LogP contribution >= 0.6 is 0 Å². The van der Waals surface area contributed by atoms with Crippen LogP contribution in [0.3, 0.4) is 0 Å². The largest absolute Gasteiger partial charge is 0.443 e. The van der Waals surface area contributed by atoms with E-state index in [0.717, 1.165) is 11.3 Å². The third-order valence-electron chi connectivity index (χ3n) is 2.46. The van der Waals surface area contributed by atoms with Crippen molar-refractivity contribution in [2.45, 2.75) is 32.8 Å². The van der Waals surface area contributed by atoms with Gasteiger partial charge in [-0.25, -0.2) is 9.59 Å². The van der Waals surface area contributed by atoms with Gasteiger partial charge < -0.3 is 9.47 Å². The fraction of sp³-hybridized carbons (Fsp3) is 0.462. The molecule has 6 heteroatoms. The van der Waals surface area contributed by atoms with E-state index in [1.807, 2.05) is 6.08 Å². The molecule has 0 unspecified atom stereocenters. The van der Waals surface area contributed by atoms with Crippen LogP contribution in [0, 0.1) is 0 Å². The molecule has 0 aliphatic carbocycles. The Labute approximate surface area is 111 Å².